The molecule has 0 saturated carbocycles. The fourth-order valence-electron chi connectivity index (χ4n) is 4.29. The van der Waals surface area contributed by atoms with E-state index in [-0.39, 0.29) is 17.0 Å². The highest BCUT2D eigenvalue weighted by atomic mass is 16.6. The number of benzene rings is 1. The Labute approximate surface area is 193 Å². The van der Waals surface area contributed by atoms with Crippen LogP contribution in [0.5, 0.6) is 0 Å². The molecule has 1 aromatic heterocycles. The molecule has 1 fully saturated rings. The van der Waals surface area contributed by atoms with E-state index in [2.05, 4.69) is 0 Å². The summed E-state index contributed by atoms with van der Waals surface area (Å²) in [4.78, 5) is 38.5. The number of hydrogen-bond acceptors (Lipinski definition) is 7. The summed E-state index contributed by atoms with van der Waals surface area (Å²) in [6, 6.07) is 6.02. The molecule has 0 unspecified atom stereocenters. The van der Waals surface area contributed by atoms with Gasteiger partial charge in [-0.1, -0.05) is 0 Å². The van der Waals surface area contributed by atoms with Gasteiger partial charge in [-0.3, -0.25) is 14.9 Å². The molecule has 0 atom stereocenters. The summed E-state index contributed by atoms with van der Waals surface area (Å²) in [5.74, 6) is -1.04. The Bertz CT molecular complexity index is 1020. The number of nitro groups is 1. The summed E-state index contributed by atoms with van der Waals surface area (Å²) in [7, 11) is 1.65. The first-order valence-corrected chi connectivity index (χ1v) is 11.2. The average molecular weight is 458 g/mol. The number of rotatable bonds is 10. The number of ketones is 1. The van der Waals surface area contributed by atoms with Gasteiger partial charge in [0, 0.05) is 62.4 Å². The SMILES string of the molecule is COCCCn1c(C)cc(C(=O)COC(=O)c2cc([N+](=O)[O-])ccc2N2CCCCC2)c1C. The number of methoxy groups -OCH3 is 1. The van der Waals surface area contributed by atoms with Gasteiger partial charge in [0.15, 0.2) is 6.61 Å². The molecule has 0 N–H and O–H groups in total. The number of carbonyl (C=O) groups is 2. The van der Waals surface area contributed by atoms with E-state index < -0.39 is 17.5 Å². The van der Waals surface area contributed by atoms with E-state index in [1.165, 1.54) is 12.1 Å². The van der Waals surface area contributed by atoms with Crippen molar-refractivity contribution in [3.63, 3.8) is 0 Å². The van der Waals surface area contributed by atoms with Crippen molar-refractivity contribution in [1.82, 2.24) is 4.57 Å². The van der Waals surface area contributed by atoms with Crippen molar-refractivity contribution in [2.45, 2.75) is 46.1 Å². The lowest BCUT2D eigenvalue weighted by Gasteiger charge is -2.30. The monoisotopic (exact) mass is 457 g/mol. The molecule has 1 aromatic carbocycles. The third-order valence-electron chi connectivity index (χ3n) is 6.05. The number of piperidine rings is 1. The van der Waals surface area contributed by atoms with Gasteiger partial charge in [-0.15, -0.1) is 0 Å². The molecule has 9 nitrogen and oxygen atoms in total. The van der Waals surface area contributed by atoms with Crippen LogP contribution in [0.3, 0.4) is 0 Å². The van der Waals surface area contributed by atoms with Crippen LogP contribution < -0.4 is 4.90 Å². The molecule has 178 valence electrons. The highest BCUT2D eigenvalue weighted by Crippen LogP contribution is 2.29. The predicted molar refractivity (Wildman–Crippen MR) is 124 cm³/mol. The van der Waals surface area contributed by atoms with Gasteiger partial charge in [0.2, 0.25) is 5.78 Å². The number of ether oxygens (including phenoxy) is 2. The average Bonchev–Trinajstić information content (AvgIpc) is 3.11. The highest BCUT2D eigenvalue weighted by molar-refractivity contribution is 6.02. The van der Waals surface area contributed by atoms with E-state index in [0.717, 1.165) is 56.7 Å². The predicted octanol–water partition coefficient (Wildman–Crippen LogP) is 4.08. The molecule has 1 saturated heterocycles. The summed E-state index contributed by atoms with van der Waals surface area (Å²) in [5.41, 5.74) is 2.80. The van der Waals surface area contributed by atoms with Gasteiger partial charge in [-0.25, -0.2) is 4.79 Å². The fraction of sp³-hybridized carbons (Fsp3) is 0.500. The topological polar surface area (TPSA) is 104 Å². The van der Waals surface area contributed by atoms with Crippen LogP contribution >= 0.6 is 0 Å². The van der Waals surface area contributed by atoms with E-state index in [0.29, 0.717) is 17.9 Å². The number of carbonyl (C=O) groups excluding carboxylic acids is 2. The largest absolute Gasteiger partial charge is 0.454 e. The first-order chi connectivity index (χ1) is 15.8. The lowest BCUT2D eigenvalue weighted by molar-refractivity contribution is -0.384. The molecule has 1 aliphatic heterocycles. The molecule has 0 bridgehead atoms. The van der Waals surface area contributed by atoms with Crippen molar-refractivity contribution in [2.24, 2.45) is 0 Å². The minimum absolute atomic E-state index is 0.115. The van der Waals surface area contributed by atoms with Gasteiger partial charge < -0.3 is 18.9 Å². The zero-order valence-corrected chi connectivity index (χ0v) is 19.5. The van der Waals surface area contributed by atoms with Crippen LogP contribution in [0.15, 0.2) is 24.3 Å². The van der Waals surface area contributed by atoms with Crippen LogP contribution in [0.2, 0.25) is 0 Å². The highest BCUT2D eigenvalue weighted by Gasteiger charge is 2.24. The molecular weight excluding hydrogens is 426 g/mol. The molecule has 0 amide bonds. The number of aromatic nitrogens is 1. The second kappa shape index (κ2) is 11.1. The molecule has 2 aromatic rings. The number of hydrogen-bond donors (Lipinski definition) is 0. The molecule has 9 heteroatoms. The summed E-state index contributed by atoms with van der Waals surface area (Å²) >= 11 is 0. The molecule has 2 heterocycles. The van der Waals surface area contributed by atoms with Crippen molar-refractivity contribution < 1.29 is 24.0 Å². The molecule has 33 heavy (non-hydrogen) atoms. The minimum Gasteiger partial charge on any atom is -0.454 e. The Morgan fingerprint density at radius 1 is 1.09 bits per heavy atom. The van der Waals surface area contributed by atoms with Gasteiger partial charge in [-0.2, -0.15) is 0 Å². The van der Waals surface area contributed by atoms with Crippen LogP contribution in [0.1, 0.15) is 57.8 Å². The number of aryl methyl sites for hydroxylation is 1. The number of Topliss-reactive ketones (excluding diaryl/α,β-unsaturated/α-hetero) is 1. The van der Waals surface area contributed by atoms with Gasteiger partial charge >= 0.3 is 5.97 Å². The normalized spacial score (nSPS) is 13.7. The van der Waals surface area contributed by atoms with Crippen LogP contribution in [-0.4, -0.2) is 54.7 Å². The summed E-state index contributed by atoms with van der Waals surface area (Å²) in [6.45, 7) is 6.26. The first-order valence-electron chi connectivity index (χ1n) is 11.2. The van der Waals surface area contributed by atoms with Crippen LogP contribution in [0.25, 0.3) is 0 Å². The molecule has 1 aliphatic rings. The Morgan fingerprint density at radius 3 is 2.48 bits per heavy atom. The van der Waals surface area contributed by atoms with E-state index in [9.17, 15) is 19.7 Å². The zero-order chi connectivity index (χ0) is 24.0. The number of anilines is 1. The summed E-state index contributed by atoms with van der Waals surface area (Å²) in [6.07, 6.45) is 3.91. The third kappa shape index (κ3) is 5.78. The molecule has 3 rings (SSSR count). The van der Waals surface area contributed by atoms with Crippen molar-refractivity contribution in [3.8, 4) is 0 Å². The van der Waals surface area contributed by atoms with E-state index in [1.807, 2.05) is 23.3 Å². The van der Waals surface area contributed by atoms with Gasteiger partial charge in [-0.05, 0) is 51.7 Å². The van der Waals surface area contributed by atoms with Crippen molar-refractivity contribution in [1.29, 1.82) is 0 Å². The van der Waals surface area contributed by atoms with Crippen molar-refractivity contribution in [3.05, 3.63) is 56.9 Å². The molecular formula is C24H31N3O6. The van der Waals surface area contributed by atoms with Crippen LogP contribution in [0.4, 0.5) is 11.4 Å². The molecule has 0 aliphatic carbocycles. The number of non-ortho nitro benzene ring substituents is 1. The Balaban J connectivity index is 1.75. The van der Waals surface area contributed by atoms with Gasteiger partial charge in [0.25, 0.3) is 5.69 Å². The number of nitrogens with zero attached hydrogens (tertiary/aromatic N) is 3. The van der Waals surface area contributed by atoms with E-state index in [1.54, 1.807) is 19.2 Å². The quantitative estimate of drug-likeness (QED) is 0.174. The van der Waals surface area contributed by atoms with Crippen LogP contribution in [0, 0.1) is 24.0 Å². The minimum atomic E-state index is -0.735. The maximum Gasteiger partial charge on any atom is 0.340 e. The second-order valence-electron chi connectivity index (χ2n) is 8.29. The van der Waals surface area contributed by atoms with E-state index in [4.69, 9.17) is 9.47 Å². The maximum atomic E-state index is 12.9. The second-order valence-corrected chi connectivity index (χ2v) is 8.29. The standard InChI is InChI=1S/C24H31N3O6/c1-17-14-20(18(2)26(17)12-7-13-32-3)23(28)16-33-24(29)21-15-19(27(30)31)8-9-22(21)25-10-5-4-6-11-25/h8-9,14-15H,4-7,10-13,16H2,1-3H3. The van der Waals surface area contributed by atoms with Gasteiger partial charge in [0.05, 0.1) is 16.2 Å². The molecule has 0 spiro atoms. The Kier molecular flexibility index (Phi) is 8.21. The summed E-state index contributed by atoms with van der Waals surface area (Å²) in [5, 5.41) is 11.3. The van der Waals surface area contributed by atoms with Crippen molar-refractivity contribution in [2.75, 3.05) is 38.3 Å². The Morgan fingerprint density at radius 2 is 1.82 bits per heavy atom. The van der Waals surface area contributed by atoms with E-state index >= 15 is 0 Å². The maximum absolute atomic E-state index is 12.9. The third-order valence-corrected chi connectivity index (χ3v) is 6.05. The van der Waals surface area contributed by atoms with Crippen molar-refractivity contribution >= 4 is 23.1 Å². The lowest BCUT2D eigenvalue weighted by atomic mass is 10.1. The smallest absolute Gasteiger partial charge is 0.340 e. The Hall–Kier alpha value is -3.20. The number of esters is 1. The van der Waals surface area contributed by atoms with Gasteiger partial charge in [0.1, 0.15) is 0 Å². The fourth-order valence-corrected chi connectivity index (χ4v) is 4.29. The first kappa shape index (κ1) is 24.4. The lowest BCUT2D eigenvalue weighted by Crippen LogP contribution is -2.31. The number of nitro benzene ring substituents is 1. The zero-order valence-electron chi connectivity index (χ0n) is 19.5. The molecule has 0 radical (unpaired) electrons. The summed E-state index contributed by atoms with van der Waals surface area (Å²) < 4.78 is 12.5. The van der Waals surface area contributed by atoms with Crippen LogP contribution in [-0.2, 0) is 16.0 Å².